The molecule has 0 fully saturated rings. The van der Waals surface area contributed by atoms with Crippen molar-refractivity contribution in [3.8, 4) is 23.0 Å². The molecule has 0 saturated carbocycles. The molecule has 0 aliphatic rings. The predicted octanol–water partition coefficient (Wildman–Crippen LogP) is 4.79. The van der Waals surface area contributed by atoms with E-state index in [2.05, 4.69) is 16.2 Å². The maximum atomic E-state index is 5.64. The molecule has 5 heteroatoms. The summed E-state index contributed by atoms with van der Waals surface area (Å²) in [7, 11) is 9.38. The SMILES string of the molecule is COc1c(C)c(CCCCCCCCP)c(OC)c(OC)c1OC. The third-order valence-corrected chi connectivity index (χ3v) is 4.79. The molecule has 0 N–H and O–H groups in total. The van der Waals surface area contributed by atoms with Gasteiger partial charge in [0, 0.05) is 11.1 Å². The number of hydrogen-bond acceptors (Lipinski definition) is 4. The lowest BCUT2D eigenvalue weighted by Gasteiger charge is -2.21. The van der Waals surface area contributed by atoms with Crippen LogP contribution in [0.4, 0.5) is 0 Å². The van der Waals surface area contributed by atoms with Gasteiger partial charge in [0.05, 0.1) is 28.4 Å². The first-order chi connectivity index (χ1) is 11.7. The van der Waals surface area contributed by atoms with Crippen LogP contribution in [0, 0.1) is 6.92 Å². The monoisotopic (exact) mass is 356 g/mol. The van der Waals surface area contributed by atoms with E-state index >= 15 is 0 Å². The highest BCUT2D eigenvalue weighted by molar-refractivity contribution is 7.16. The van der Waals surface area contributed by atoms with Gasteiger partial charge < -0.3 is 18.9 Å². The highest BCUT2D eigenvalue weighted by Gasteiger charge is 2.24. The molecule has 0 spiro atoms. The number of hydrogen-bond donors (Lipinski definition) is 0. The van der Waals surface area contributed by atoms with Gasteiger partial charge >= 0.3 is 0 Å². The molecule has 0 saturated heterocycles. The molecule has 1 rings (SSSR count). The van der Waals surface area contributed by atoms with E-state index in [0.29, 0.717) is 11.5 Å². The highest BCUT2D eigenvalue weighted by atomic mass is 31.0. The molecular weight excluding hydrogens is 323 g/mol. The van der Waals surface area contributed by atoms with Gasteiger partial charge in [-0.3, -0.25) is 0 Å². The summed E-state index contributed by atoms with van der Waals surface area (Å²) in [6, 6.07) is 0. The Labute approximate surface area is 149 Å². The minimum atomic E-state index is 0.593. The Hall–Kier alpha value is -1.15. The van der Waals surface area contributed by atoms with Gasteiger partial charge in [-0.1, -0.05) is 25.7 Å². The molecule has 1 atom stereocenters. The van der Waals surface area contributed by atoms with E-state index in [0.717, 1.165) is 35.5 Å². The molecule has 1 aromatic carbocycles. The zero-order valence-electron chi connectivity index (χ0n) is 15.9. The summed E-state index contributed by atoms with van der Waals surface area (Å²) < 4.78 is 22.2. The molecule has 0 aromatic heterocycles. The first-order valence-corrected chi connectivity index (χ1v) is 9.53. The zero-order chi connectivity index (χ0) is 17.9. The van der Waals surface area contributed by atoms with Crippen LogP contribution < -0.4 is 18.9 Å². The Morgan fingerprint density at radius 3 is 1.58 bits per heavy atom. The molecule has 4 nitrogen and oxygen atoms in total. The lowest BCUT2D eigenvalue weighted by atomic mass is 9.98. The maximum Gasteiger partial charge on any atom is 0.207 e. The topological polar surface area (TPSA) is 36.9 Å². The maximum absolute atomic E-state index is 5.64. The smallest absolute Gasteiger partial charge is 0.207 e. The van der Waals surface area contributed by atoms with E-state index in [9.17, 15) is 0 Å². The molecule has 138 valence electrons. The third-order valence-electron chi connectivity index (χ3n) is 4.38. The number of unbranched alkanes of at least 4 members (excludes halogenated alkanes) is 5. The van der Waals surface area contributed by atoms with E-state index in [1.54, 1.807) is 28.4 Å². The first kappa shape index (κ1) is 20.9. The van der Waals surface area contributed by atoms with E-state index in [1.165, 1.54) is 38.3 Å². The molecule has 1 aromatic rings. The molecule has 0 bridgehead atoms. The molecule has 0 aliphatic heterocycles. The zero-order valence-corrected chi connectivity index (χ0v) is 17.0. The molecule has 0 amide bonds. The fraction of sp³-hybridized carbons (Fsp3) is 0.684. The van der Waals surface area contributed by atoms with E-state index in [-0.39, 0.29) is 0 Å². The van der Waals surface area contributed by atoms with Crippen molar-refractivity contribution in [3.63, 3.8) is 0 Å². The summed E-state index contributed by atoms with van der Waals surface area (Å²) in [6.45, 7) is 2.05. The third kappa shape index (κ3) is 5.17. The van der Waals surface area contributed by atoms with Crippen LogP contribution in [-0.4, -0.2) is 34.6 Å². The Morgan fingerprint density at radius 2 is 1.08 bits per heavy atom. The van der Waals surface area contributed by atoms with Gasteiger partial charge in [0.15, 0.2) is 11.5 Å². The van der Waals surface area contributed by atoms with Crippen molar-refractivity contribution in [1.82, 2.24) is 0 Å². The van der Waals surface area contributed by atoms with Gasteiger partial charge in [0.1, 0.15) is 0 Å². The first-order valence-electron chi connectivity index (χ1n) is 8.71. The predicted molar refractivity (Wildman–Crippen MR) is 103 cm³/mol. The van der Waals surface area contributed by atoms with Crippen LogP contribution >= 0.6 is 9.24 Å². The Kier molecular flexibility index (Phi) is 9.94. The van der Waals surface area contributed by atoms with Gasteiger partial charge in [0.2, 0.25) is 11.5 Å². The molecule has 24 heavy (non-hydrogen) atoms. The summed E-state index contributed by atoms with van der Waals surface area (Å²) in [5, 5.41) is 0. The quantitative estimate of drug-likeness (QED) is 0.399. The van der Waals surface area contributed by atoms with Crippen LogP contribution in [0.1, 0.15) is 49.7 Å². The summed E-state index contributed by atoms with van der Waals surface area (Å²) in [5.41, 5.74) is 2.21. The standard InChI is InChI=1S/C19H33O4P/c1-14-15(12-10-8-6-7-9-11-13-24)17(21-3)19(23-5)18(22-4)16(14)20-2/h6-13,24H2,1-5H3. The van der Waals surface area contributed by atoms with Crippen molar-refractivity contribution in [2.75, 3.05) is 34.6 Å². The number of benzene rings is 1. The lowest BCUT2D eigenvalue weighted by molar-refractivity contribution is 0.302. The van der Waals surface area contributed by atoms with E-state index in [1.807, 2.05) is 0 Å². The second-order valence-electron chi connectivity index (χ2n) is 5.90. The van der Waals surface area contributed by atoms with Gasteiger partial charge in [0.25, 0.3) is 0 Å². The van der Waals surface area contributed by atoms with E-state index in [4.69, 9.17) is 18.9 Å². The van der Waals surface area contributed by atoms with Crippen LogP contribution in [-0.2, 0) is 6.42 Å². The minimum Gasteiger partial charge on any atom is -0.492 e. The van der Waals surface area contributed by atoms with Gasteiger partial charge in [-0.2, -0.15) is 0 Å². The van der Waals surface area contributed by atoms with Crippen molar-refractivity contribution in [2.45, 2.75) is 51.9 Å². The normalized spacial score (nSPS) is 10.6. The summed E-state index contributed by atoms with van der Waals surface area (Å²) >= 11 is 0. The molecule has 0 aliphatic carbocycles. The Balaban J connectivity index is 2.89. The second kappa shape index (κ2) is 11.4. The van der Waals surface area contributed by atoms with Crippen LogP contribution in [0.2, 0.25) is 0 Å². The van der Waals surface area contributed by atoms with Crippen LogP contribution in [0.25, 0.3) is 0 Å². The largest absolute Gasteiger partial charge is 0.492 e. The van der Waals surface area contributed by atoms with E-state index < -0.39 is 0 Å². The minimum absolute atomic E-state index is 0.593. The number of ether oxygens (including phenoxy) is 4. The fourth-order valence-electron chi connectivity index (χ4n) is 3.11. The Bertz CT molecular complexity index is 503. The molecular formula is C19H33O4P. The van der Waals surface area contributed by atoms with Crippen molar-refractivity contribution in [1.29, 1.82) is 0 Å². The number of methoxy groups -OCH3 is 4. The summed E-state index contributed by atoms with van der Waals surface area (Å²) in [6.07, 6.45) is 9.78. The van der Waals surface area contributed by atoms with Crippen LogP contribution in [0.5, 0.6) is 23.0 Å². The molecule has 0 heterocycles. The Morgan fingerprint density at radius 1 is 0.625 bits per heavy atom. The van der Waals surface area contributed by atoms with Crippen molar-refractivity contribution < 1.29 is 18.9 Å². The summed E-state index contributed by atoms with van der Waals surface area (Å²) in [5.74, 6) is 2.69. The van der Waals surface area contributed by atoms with Crippen LogP contribution in [0.15, 0.2) is 0 Å². The lowest BCUT2D eigenvalue weighted by Crippen LogP contribution is -2.05. The van der Waals surface area contributed by atoms with Crippen molar-refractivity contribution >= 4 is 9.24 Å². The number of rotatable bonds is 12. The summed E-state index contributed by atoms with van der Waals surface area (Å²) in [4.78, 5) is 0. The van der Waals surface area contributed by atoms with Crippen molar-refractivity contribution in [3.05, 3.63) is 11.1 Å². The second-order valence-corrected chi connectivity index (χ2v) is 6.47. The van der Waals surface area contributed by atoms with Crippen molar-refractivity contribution in [2.24, 2.45) is 0 Å². The molecule has 0 radical (unpaired) electrons. The van der Waals surface area contributed by atoms with Crippen LogP contribution in [0.3, 0.4) is 0 Å². The van der Waals surface area contributed by atoms with Gasteiger partial charge in [-0.15, -0.1) is 9.24 Å². The fourth-order valence-corrected chi connectivity index (χ4v) is 3.40. The average molecular weight is 356 g/mol. The average Bonchev–Trinajstić information content (AvgIpc) is 2.60. The van der Waals surface area contributed by atoms with Gasteiger partial charge in [-0.25, -0.2) is 0 Å². The highest BCUT2D eigenvalue weighted by Crippen LogP contribution is 2.49. The van der Waals surface area contributed by atoms with Gasteiger partial charge in [-0.05, 0) is 32.3 Å². The molecule has 1 unspecified atom stereocenters.